The molecule has 6 nitrogen and oxygen atoms in total. The Kier molecular flexibility index (Phi) is 6.81. The molecule has 1 heterocycles. The number of halogens is 1. The first-order valence-electron chi connectivity index (χ1n) is 14.8. The van der Waals surface area contributed by atoms with Crippen LogP contribution in [0.2, 0.25) is 0 Å². The van der Waals surface area contributed by atoms with Crippen molar-refractivity contribution in [3.05, 3.63) is 99.0 Å². The Bertz CT molecular complexity index is 1590. The third kappa shape index (κ3) is 4.98. The van der Waals surface area contributed by atoms with Crippen LogP contribution in [0.4, 0.5) is 10.5 Å². The molecule has 42 heavy (non-hydrogen) atoms. The molecular formula is C35H33BrN2O4. The summed E-state index contributed by atoms with van der Waals surface area (Å²) in [5.74, 6) is 1.80. The molecule has 4 amide bonds. The summed E-state index contributed by atoms with van der Waals surface area (Å²) >= 11 is 3.55. The van der Waals surface area contributed by atoms with Gasteiger partial charge >= 0.3 is 6.03 Å². The number of ether oxygens (including phenoxy) is 1. The monoisotopic (exact) mass is 624 g/mol. The molecule has 1 saturated heterocycles. The van der Waals surface area contributed by atoms with E-state index in [2.05, 4.69) is 39.4 Å². The first-order valence-corrected chi connectivity index (χ1v) is 15.6. The molecule has 4 aliphatic carbocycles. The molecule has 7 heteroatoms. The number of nitrogens with one attached hydrogen (secondary N) is 1. The Labute approximate surface area is 254 Å². The van der Waals surface area contributed by atoms with Gasteiger partial charge in [0, 0.05) is 0 Å². The standard InChI is InChI=1S/C35H33BrN2O4/c1-21-3-2-4-23(11-21)20-42-31-10-5-22(16-30(31)36)15-29-32(39)37-34(41)38(33(29)40)28-8-6-27(7-9-28)35-17-24-12-25(18-35)14-26(13-24)19-35/h2-11,15-16,24-26H,12-14,17-20H2,1H3,(H,37,39,41)/b29-15+. The lowest BCUT2D eigenvalue weighted by Gasteiger charge is -2.57. The van der Waals surface area contributed by atoms with Crippen LogP contribution in [0.1, 0.15) is 60.8 Å². The number of carbonyl (C=O) groups is 3. The fourth-order valence-corrected chi connectivity index (χ4v) is 8.68. The van der Waals surface area contributed by atoms with Crippen LogP contribution in [0.5, 0.6) is 5.75 Å². The molecule has 0 spiro atoms. The van der Waals surface area contributed by atoms with Gasteiger partial charge in [0.1, 0.15) is 17.9 Å². The minimum Gasteiger partial charge on any atom is -0.488 e. The fourth-order valence-electron chi connectivity index (χ4n) is 8.17. The molecule has 4 saturated carbocycles. The fraction of sp³-hybridized carbons (Fsp3) is 0.343. The minimum absolute atomic E-state index is 0.0971. The van der Waals surface area contributed by atoms with E-state index in [4.69, 9.17) is 4.74 Å². The van der Waals surface area contributed by atoms with Gasteiger partial charge in [0.15, 0.2) is 0 Å². The Morgan fingerprint density at radius 2 is 1.62 bits per heavy atom. The van der Waals surface area contributed by atoms with E-state index < -0.39 is 17.8 Å². The number of nitrogens with zero attached hydrogens (tertiary/aromatic N) is 1. The van der Waals surface area contributed by atoms with Crippen LogP contribution < -0.4 is 15.0 Å². The molecule has 4 bridgehead atoms. The summed E-state index contributed by atoms with van der Waals surface area (Å²) in [6.45, 7) is 2.46. The second-order valence-electron chi connectivity index (χ2n) is 12.7. The van der Waals surface area contributed by atoms with Gasteiger partial charge in [0.05, 0.1) is 10.2 Å². The van der Waals surface area contributed by atoms with Gasteiger partial charge in [-0.3, -0.25) is 14.9 Å². The number of aryl methyl sites for hydroxylation is 1. The zero-order chi connectivity index (χ0) is 29.0. The number of anilines is 1. The van der Waals surface area contributed by atoms with Gasteiger partial charge in [-0.25, -0.2) is 9.69 Å². The van der Waals surface area contributed by atoms with Gasteiger partial charge in [0.2, 0.25) is 0 Å². The van der Waals surface area contributed by atoms with Crippen molar-refractivity contribution >= 4 is 45.5 Å². The van der Waals surface area contributed by atoms with E-state index in [0.29, 0.717) is 28.1 Å². The maximum absolute atomic E-state index is 13.5. The van der Waals surface area contributed by atoms with Crippen molar-refractivity contribution in [2.75, 3.05) is 4.90 Å². The van der Waals surface area contributed by atoms with E-state index in [9.17, 15) is 14.4 Å². The number of carbonyl (C=O) groups excluding carboxylic acids is 3. The number of rotatable bonds is 6. The van der Waals surface area contributed by atoms with Crippen molar-refractivity contribution in [1.29, 1.82) is 0 Å². The van der Waals surface area contributed by atoms with Gasteiger partial charge in [-0.15, -0.1) is 0 Å². The normalized spacial score (nSPS) is 27.5. The quantitative estimate of drug-likeness (QED) is 0.228. The van der Waals surface area contributed by atoms with Crippen LogP contribution in [0, 0.1) is 24.7 Å². The predicted molar refractivity (Wildman–Crippen MR) is 165 cm³/mol. The topological polar surface area (TPSA) is 75.7 Å². The molecular weight excluding hydrogens is 592 g/mol. The minimum atomic E-state index is -0.731. The molecule has 214 valence electrons. The van der Waals surface area contributed by atoms with Crippen LogP contribution in [0.25, 0.3) is 6.08 Å². The molecule has 0 atom stereocenters. The van der Waals surface area contributed by atoms with E-state index in [0.717, 1.165) is 28.2 Å². The Hall–Kier alpha value is -3.71. The molecule has 0 unspecified atom stereocenters. The smallest absolute Gasteiger partial charge is 0.335 e. The second kappa shape index (κ2) is 10.5. The summed E-state index contributed by atoms with van der Waals surface area (Å²) in [6, 6.07) is 20.7. The summed E-state index contributed by atoms with van der Waals surface area (Å²) in [6.07, 6.45) is 9.38. The molecule has 0 aromatic heterocycles. The van der Waals surface area contributed by atoms with Crippen molar-refractivity contribution in [2.24, 2.45) is 17.8 Å². The van der Waals surface area contributed by atoms with Crippen molar-refractivity contribution in [2.45, 2.75) is 57.5 Å². The van der Waals surface area contributed by atoms with Crippen molar-refractivity contribution < 1.29 is 19.1 Å². The summed E-state index contributed by atoms with van der Waals surface area (Å²) in [7, 11) is 0. The van der Waals surface area contributed by atoms with Gasteiger partial charge in [-0.2, -0.15) is 0 Å². The number of barbiturate groups is 1. The van der Waals surface area contributed by atoms with Crippen LogP contribution in [-0.4, -0.2) is 17.8 Å². The second-order valence-corrected chi connectivity index (χ2v) is 13.5. The summed E-state index contributed by atoms with van der Waals surface area (Å²) < 4.78 is 6.67. The highest BCUT2D eigenvalue weighted by Crippen LogP contribution is 2.60. The van der Waals surface area contributed by atoms with Gasteiger partial charge in [0.25, 0.3) is 11.8 Å². The van der Waals surface area contributed by atoms with Crippen LogP contribution in [0.15, 0.2) is 76.8 Å². The van der Waals surface area contributed by atoms with Crippen LogP contribution >= 0.6 is 15.9 Å². The van der Waals surface area contributed by atoms with E-state index >= 15 is 0 Å². The van der Waals surface area contributed by atoms with Crippen LogP contribution in [-0.2, 0) is 21.6 Å². The maximum atomic E-state index is 13.5. The van der Waals surface area contributed by atoms with Gasteiger partial charge < -0.3 is 4.74 Å². The molecule has 3 aromatic rings. The van der Waals surface area contributed by atoms with Crippen molar-refractivity contribution in [3.8, 4) is 5.75 Å². The third-order valence-electron chi connectivity index (χ3n) is 9.62. The lowest BCUT2D eigenvalue weighted by molar-refractivity contribution is -0.122. The predicted octanol–water partition coefficient (Wildman–Crippen LogP) is 7.47. The molecule has 1 aliphatic heterocycles. The number of hydrogen-bond acceptors (Lipinski definition) is 4. The summed E-state index contributed by atoms with van der Waals surface area (Å²) in [4.78, 5) is 40.2. The lowest BCUT2D eigenvalue weighted by atomic mass is 9.48. The highest BCUT2D eigenvalue weighted by atomic mass is 79.9. The summed E-state index contributed by atoms with van der Waals surface area (Å²) in [5, 5.41) is 2.34. The first-order chi connectivity index (χ1) is 20.3. The molecule has 5 aliphatic rings. The SMILES string of the molecule is Cc1cccc(COc2ccc(/C=C3\C(=O)NC(=O)N(c4ccc(C56CC7CC(CC(C7)C5)C6)cc4)C3=O)cc2Br)c1. The highest BCUT2D eigenvalue weighted by molar-refractivity contribution is 9.10. The Balaban J connectivity index is 1.09. The number of benzene rings is 3. The van der Waals surface area contributed by atoms with Crippen molar-refractivity contribution in [3.63, 3.8) is 0 Å². The number of hydrogen-bond donors (Lipinski definition) is 1. The number of urea groups is 1. The average molecular weight is 626 g/mol. The Morgan fingerprint density at radius 1 is 0.929 bits per heavy atom. The van der Waals surface area contributed by atoms with Crippen molar-refractivity contribution in [1.82, 2.24) is 5.32 Å². The zero-order valence-corrected chi connectivity index (χ0v) is 25.2. The molecule has 1 N–H and O–H groups in total. The average Bonchev–Trinajstić information content (AvgIpc) is 2.94. The van der Waals surface area contributed by atoms with E-state index in [1.807, 2.05) is 37.3 Å². The molecule has 3 aromatic carbocycles. The molecule has 0 radical (unpaired) electrons. The number of imide groups is 2. The molecule has 5 fully saturated rings. The lowest BCUT2D eigenvalue weighted by Crippen LogP contribution is -2.54. The summed E-state index contributed by atoms with van der Waals surface area (Å²) in [5.41, 5.74) is 4.77. The third-order valence-corrected chi connectivity index (χ3v) is 10.2. The van der Waals surface area contributed by atoms with Gasteiger partial charge in [-0.1, -0.05) is 48.0 Å². The Morgan fingerprint density at radius 3 is 2.26 bits per heavy atom. The van der Waals surface area contributed by atoms with Crippen LogP contribution in [0.3, 0.4) is 0 Å². The zero-order valence-electron chi connectivity index (χ0n) is 23.6. The van der Waals surface area contributed by atoms with E-state index in [1.165, 1.54) is 55.7 Å². The first kappa shape index (κ1) is 27.1. The molecule has 8 rings (SSSR count). The van der Waals surface area contributed by atoms with Gasteiger partial charge in [-0.05, 0) is 132 Å². The highest BCUT2D eigenvalue weighted by Gasteiger charge is 2.51. The largest absolute Gasteiger partial charge is 0.488 e. The number of amides is 4. The maximum Gasteiger partial charge on any atom is 0.335 e. The van der Waals surface area contributed by atoms with E-state index in [-0.39, 0.29) is 11.0 Å². The van der Waals surface area contributed by atoms with E-state index in [1.54, 1.807) is 18.2 Å².